The molecule has 5 rings (SSSR count). The number of aromatic nitrogens is 1. The van der Waals surface area contributed by atoms with Crippen molar-refractivity contribution in [2.24, 2.45) is 5.73 Å². The highest BCUT2D eigenvalue weighted by Gasteiger charge is 2.35. The summed E-state index contributed by atoms with van der Waals surface area (Å²) in [5, 5.41) is 4.83. The van der Waals surface area contributed by atoms with Crippen LogP contribution >= 0.6 is 11.6 Å². The summed E-state index contributed by atoms with van der Waals surface area (Å²) in [6.07, 6.45) is 4.26. The zero-order valence-electron chi connectivity index (χ0n) is 21.7. The average Bonchev–Trinajstić information content (AvgIpc) is 3.33. The van der Waals surface area contributed by atoms with Crippen molar-refractivity contribution >= 4 is 28.6 Å². The van der Waals surface area contributed by atoms with E-state index in [0.717, 1.165) is 46.4 Å². The largest absolute Gasteiger partial charge is 0.497 e. The van der Waals surface area contributed by atoms with Crippen LogP contribution in [0.1, 0.15) is 29.3 Å². The van der Waals surface area contributed by atoms with E-state index in [-0.39, 0.29) is 6.04 Å². The molecule has 39 heavy (non-hydrogen) atoms. The molecule has 0 saturated carbocycles. The fraction of sp³-hybridized carbons (Fsp3) is 0.233. The van der Waals surface area contributed by atoms with Crippen LogP contribution in [0.2, 0.25) is 5.02 Å². The normalized spacial score (nSPS) is 14.8. The van der Waals surface area contributed by atoms with Crippen LogP contribution in [0.25, 0.3) is 10.9 Å². The van der Waals surface area contributed by atoms with Crippen molar-refractivity contribution in [1.29, 1.82) is 0 Å². The highest BCUT2D eigenvalue weighted by Crippen LogP contribution is 2.40. The average molecular weight is 547 g/mol. The fourth-order valence-electron chi connectivity index (χ4n) is 4.87. The fourth-order valence-corrected chi connectivity index (χ4v) is 5.04. The molecule has 1 aliphatic heterocycles. The Hall–Kier alpha value is -4.30. The van der Waals surface area contributed by atoms with E-state index in [1.807, 2.05) is 42.5 Å². The van der Waals surface area contributed by atoms with Gasteiger partial charge in [-0.3, -0.25) is 4.90 Å². The standard InChI is InChI=1S/C30H31ClN4O4/c1-37-22-8-10-24(11-9-22)39-30(36)35-17-13-25-26-19-21(31)5-12-27(26)34-28(25)29(35)20-3-6-23(7-4-20)38-18-2-15-33-16-14-32/h3-12,14,16,19,29,33-34H,2,13,15,17-18,32H2,1H3/b16-14-. The SMILES string of the molecule is COc1ccc(OC(=O)N2CCc3c([nH]c4ccc(Cl)cc34)C2c2ccc(OCCCN/C=C\N)cc2)cc1. The number of amides is 1. The van der Waals surface area contributed by atoms with E-state index < -0.39 is 6.09 Å². The lowest BCUT2D eigenvalue weighted by atomic mass is 9.92. The van der Waals surface area contributed by atoms with E-state index in [1.54, 1.807) is 42.5 Å². The van der Waals surface area contributed by atoms with E-state index >= 15 is 0 Å². The summed E-state index contributed by atoms with van der Waals surface area (Å²) >= 11 is 6.32. The van der Waals surface area contributed by atoms with E-state index in [4.69, 9.17) is 31.5 Å². The summed E-state index contributed by atoms with van der Waals surface area (Å²) in [7, 11) is 1.60. The number of nitrogens with two attached hydrogens (primary N) is 1. The molecule has 1 aliphatic rings. The molecule has 202 valence electrons. The zero-order valence-corrected chi connectivity index (χ0v) is 22.4. The second-order valence-corrected chi connectivity index (χ2v) is 9.62. The highest BCUT2D eigenvalue weighted by atomic mass is 35.5. The van der Waals surface area contributed by atoms with Crippen LogP contribution < -0.4 is 25.3 Å². The molecule has 4 N–H and O–H groups in total. The number of methoxy groups -OCH3 is 1. The van der Waals surface area contributed by atoms with Crippen molar-refractivity contribution in [2.75, 3.05) is 26.8 Å². The third kappa shape index (κ3) is 5.91. The van der Waals surface area contributed by atoms with E-state index in [0.29, 0.717) is 36.1 Å². The molecule has 1 amide bonds. The van der Waals surface area contributed by atoms with Crippen molar-refractivity contribution < 1.29 is 19.0 Å². The van der Waals surface area contributed by atoms with Gasteiger partial charge in [-0.15, -0.1) is 0 Å². The molecular weight excluding hydrogens is 516 g/mol. The van der Waals surface area contributed by atoms with Gasteiger partial charge in [0, 0.05) is 47.1 Å². The van der Waals surface area contributed by atoms with Gasteiger partial charge in [0.15, 0.2) is 0 Å². The highest BCUT2D eigenvalue weighted by molar-refractivity contribution is 6.31. The number of halogens is 1. The van der Waals surface area contributed by atoms with Gasteiger partial charge < -0.3 is 30.2 Å². The maximum absolute atomic E-state index is 13.5. The summed E-state index contributed by atoms with van der Waals surface area (Å²) in [5.74, 6) is 1.91. The maximum atomic E-state index is 13.5. The number of benzene rings is 3. The third-order valence-corrected chi connectivity index (χ3v) is 6.97. The Kier molecular flexibility index (Phi) is 8.13. The first kappa shape index (κ1) is 26.3. The number of carbonyl (C=O) groups is 1. The molecule has 4 aromatic rings. The van der Waals surface area contributed by atoms with Gasteiger partial charge in [-0.05, 0) is 78.6 Å². The Balaban J connectivity index is 1.41. The first-order chi connectivity index (χ1) is 19.1. The number of hydrogen-bond donors (Lipinski definition) is 3. The number of rotatable bonds is 9. The Labute approximate surface area is 232 Å². The molecule has 9 heteroatoms. The third-order valence-electron chi connectivity index (χ3n) is 6.73. The number of H-pyrrole nitrogens is 1. The van der Waals surface area contributed by atoms with Crippen molar-refractivity contribution in [2.45, 2.75) is 18.9 Å². The monoisotopic (exact) mass is 546 g/mol. The molecule has 1 unspecified atom stereocenters. The van der Waals surface area contributed by atoms with Crippen LogP contribution in [0, 0.1) is 0 Å². The summed E-state index contributed by atoms with van der Waals surface area (Å²) in [4.78, 5) is 18.8. The van der Waals surface area contributed by atoms with Gasteiger partial charge in [-0.2, -0.15) is 0 Å². The first-order valence-electron chi connectivity index (χ1n) is 12.8. The minimum Gasteiger partial charge on any atom is -0.497 e. The number of carbonyl (C=O) groups excluding carboxylic acids is 1. The lowest BCUT2D eigenvalue weighted by molar-refractivity contribution is 0.135. The van der Waals surface area contributed by atoms with Crippen LogP contribution in [0.15, 0.2) is 79.1 Å². The van der Waals surface area contributed by atoms with Gasteiger partial charge in [0.25, 0.3) is 0 Å². The van der Waals surface area contributed by atoms with Gasteiger partial charge in [0.05, 0.1) is 13.7 Å². The molecule has 2 heterocycles. The summed E-state index contributed by atoms with van der Waals surface area (Å²) in [6.45, 7) is 1.84. The van der Waals surface area contributed by atoms with Crippen molar-refractivity contribution in [3.63, 3.8) is 0 Å². The van der Waals surface area contributed by atoms with Gasteiger partial charge >= 0.3 is 6.09 Å². The smallest absolute Gasteiger partial charge is 0.416 e. The van der Waals surface area contributed by atoms with Crippen LogP contribution in [0.5, 0.6) is 17.2 Å². The number of aromatic amines is 1. The van der Waals surface area contributed by atoms with Crippen molar-refractivity contribution in [1.82, 2.24) is 15.2 Å². The molecule has 0 bridgehead atoms. The lowest BCUT2D eigenvalue weighted by Crippen LogP contribution is -2.42. The molecule has 0 aliphatic carbocycles. The van der Waals surface area contributed by atoms with E-state index in [2.05, 4.69) is 10.3 Å². The Bertz CT molecular complexity index is 1450. The molecule has 0 saturated heterocycles. The van der Waals surface area contributed by atoms with E-state index in [9.17, 15) is 4.79 Å². The molecule has 1 atom stereocenters. The molecule has 3 aromatic carbocycles. The predicted molar refractivity (Wildman–Crippen MR) is 152 cm³/mol. The van der Waals surface area contributed by atoms with Gasteiger partial charge in [-0.1, -0.05) is 23.7 Å². The number of nitrogens with zero attached hydrogens (tertiary/aromatic N) is 1. The second-order valence-electron chi connectivity index (χ2n) is 9.18. The Morgan fingerprint density at radius 3 is 2.59 bits per heavy atom. The number of ether oxygens (including phenoxy) is 3. The van der Waals surface area contributed by atoms with E-state index in [1.165, 1.54) is 6.20 Å². The van der Waals surface area contributed by atoms with Crippen LogP contribution in [-0.2, 0) is 6.42 Å². The minimum atomic E-state index is -0.424. The number of fused-ring (bicyclic) bond motifs is 3. The first-order valence-corrected chi connectivity index (χ1v) is 13.2. The molecular formula is C30H31ClN4O4. The predicted octanol–water partition coefficient (Wildman–Crippen LogP) is 5.76. The number of nitrogens with one attached hydrogen (secondary N) is 2. The quantitative estimate of drug-likeness (QED) is 0.231. The zero-order chi connectivity index (χ0) is 27.2. The second kappa shape index (κ2) is 12.0. The number of hydrogen-bond acceptors (Lipinski definition) is 6. The van der Waals surface area contributed by atoms with Crippen LogP contribution in [-0.4, -0.2) is 42.8 Å². The molecule has 1 aromatic heterocycles. The Morgan fingerprint density at radius 1 is 1.10 bits per heavy atom. The van der Waals surface area contributed by atoms with Crippen LogP contribution in [0.4, 0.5) is 4.79 Å². The minimum absolute atomic E-state index is 0.369. The summed E-state index contributed by atoms with van der Waals surface area (Å²) < 4.78 is 16.9. The van der Waals surface area contributed by atoms with Crippen molar-refractivity contribution in [3.8, 4) is 17.2 Å². The van der Waals surface area contributed by atoms with Crippen molar-refractivity contribution in [3.05, 3.63) is 101 Å². The molecule has 8 nitrogen and oxygen atoms in total. The topological polar surface area (TPSA) is 102 Å². The Morgan fingerprint density at radius 2 is 1.85 bits per heavy atom. The lowest BCUT2D eigenvalue weighted by Gasteiger charge is -2.35. The van der Waals surface area contributed by atoms with Crippen LogP contribution in [0.3, 0.4) is 0 Å². The van der Waals surface area contributed by atoms with Gasteiger partial charge in [-0.25, -0.2) is 4.79 Å². The maximum Gasteiger partial charge on any atom is 0.416 e. The van der Waals surface area contributed by atoms with Gasteiger partial charge in [0.2, 0.25) is 0 Å². The molecule has 0 spiro atoms. The molecule has 0 fully saturated rings. The summed E-state index contributed by atoms with van der Waals surface area (Å²) in [6, 6.07) is 20.3. The van der Waals surface area contributed by atoms with Gasteiger partial charge in [0.1, 0.15) is 23.3 Å². The molecule has 0 radical (unpaired) electrons. The summed E-state index contributed by atoms with van der Waals surface area (Å²) in [5.41, 5.74) is 9.37.